The van der Waals surface area contributed by atoms with Crippen LogP contribution in [0.4, 0.5) is 0 Å². The average molecular weight is 328 g/mol. The molecule has 128 valence electrons. The van der Waals surface area contributed by atoms with E-state index in [1.807, 2.05) is 61.5 Å². The van der Waals surface area contributed by atoms with Gasteiger partial charge in [-0.1, -0.05) is 42.5 Å². The first-order valence-electron chi connectivity index (χ1n) is 8.00. The van der Waals surface area contributed by atoms with E-state index in [0.717, 1.165) is 16.9 Å². The summed E-state index contributed by atoms with van der Waals surface area (Å²) < 4.78 is 16.0. The Labute approximate surface area is 143 Å². The zero-order chi connectivity index (χ0) is 17.4. The summed E-state index contributed by atoms with van der Waals surface area (Å²) in [7, 11) is 3.04. The Kier molecular flexibility index (Phi) is 6.82. The normalized spacial score (nSPS) is 13.1. The van der Waals surface area contributed by atoms with Crippen molar-refractivity contribution >= 4 is 5.97 Å². The Morgan fingerprint density at radius 2 is 1.62 bits per heavy atom. The molecule has 0 radical (unpaired) electrons. The summed E-state index contributed by atoms with van der Waals surface area (Å²) in [4.78, 5) is 12.2. The van der Waals surface area contributed by atoms with Gasteiger partial charge in [0.2, 0.25) is 0 Å². The smallest absolute Gasteiger partial charge is 0.311 e. The van der Waals surface area contributed by atoms with Crippen LogP contribution in [0.3, 0.4) is 0 Å². The highest BCUT2D eigenvalue weighted by atomic mass is 16.5. The molecular weight excluding hydrogens is 304 g/mol. The molecule has 0 aliphatic carbocycles. The molecule has 0 aromatic heterocycles. The van der Waals surface area contributed by atoms with Gasteiger partial charge in [0, 0.05) is 0 Å². The molecule has 0 saturated heterocycles. The second-order valence-electron chi connectivity index (χ2n) is 5.68. The van der Waals surface area contributed by atoms with Crippen LogP contribution in [0.2, 0.25) is 0 Å². The molecule has 2 unspecified atom stereocenters. The third-order valence-electron chi connectivity index (χ3n) is 4.04. The molecule has 0 N–H and O–H groups in total. The summed E-state index contributed by atoms with van der Waals surface area (Å²) >= 11 is 0. The summed E-state index contributed by atoms with van der Waals surface area (Å²) in [6.07, 6.45) is 0.312. The molecule has 0 spiro atoms. The lowest BCUT2D eigenvalue weighted by Crippen LogP contribution is -2.31. The number of methoxy groups -OCH3 is 2. The minimum atomic E-state index is -0.355. The standard InChI is InChI=1S/C20H24O4/c1-15(24-14-17-7-5-4-6-8-17)19(20(21)23-3)13-16-9-11-18(22-2)12-10-16/h4-12,15,19H,13-14H2,1-3H3. The van der Waals surface area contributed by atoms with Crippen LogP contribution in [0, 0.1) is 5.92 Å². The third kappa shape index (κ3) is 5.10. The Morgan fingerprint density at radius 1 is 0.958 bits per heavy atom. The van der Waals surface area contributed by atoms with Crippen molar-refractivity contribution in [1.82, 2.24) is 0 Å². The van der Waals surface area contributed by atoms with Crippen molar-refractivity contribution in [1.29, 1.82) is 0 Å². The van der Waals surface area contributed by atoms with E-state index in [2.05, 4.69) is 0 Å². The first kappa shape index (κ1) is 18.0. The fraction of sp³-hybridized carbons (Fsp3) is 0.350. The van der Waals surface area contributed by atoms with Gasteiger partial charge < -0.3 is 14.2 Å². The highest BCUT2D eigenvalue weighted by Gasteiger charge is 2.27. The van der Waals surface area contributed by atoms with Crippen LogP contribution in [-0.2, 0) is 27.3 Å². The quantitative estimate of drug-likeness (QED) is 0.694. The molecule has 0 aliphatic heterocycles. The zero-order valence-corrected chi connectivity index (χ0v) is 14.4. The number of carbonyl (C=O) groups excluding carboxylic acids is 1. The predicted octanol–water partition coefficient (Wildman–Crippen LogP) is 3.63. The maximum atomic E-state index is 12.2. The Hall–Kier alpha value is -2.33. The Bertz CT molecular complexity index is 622. The Morgan fingerprint density at radius 3 is 2.21 bits per heavy atom. The third-order valence-corrected chi connectivity index (χ3v) is 4.04. The maximum Gasteiger partial charge on any atom is 0.311 e. The topological polar surface area (TPSA) is 44.8 Å². The molecular formula is C20H24O4. The van der Waals surface area contributed by atoms with Crippen molar-refractivity contribution in [2.24, 2.45) is 5.92 Å². The van der Waals surface area contributed by atoms with E-state index in [9.17, 15) is 4.79 Å². The fourth-order valence-corrected chi connectivity index (χ4v) is 2.53. The van der Waals surface area contributed by atoms with Crippen molar-refractivity contribution in [3.05, 3.63) is 65.7 Å². The lowest BCUT2D eigenvalue weighted by molar-refractivity contribution is -0.151. The van der Waals surface area contributed by atoms with E-state index in [4.69, 9.17) is 14.2 Å². The number of esters is 1. The number of hydrogen-bond acceptors (Lipinski definition) is 4. The zero-order valence-electron chi connectivity index (χ0n) is 14.4. The largest absolute Gasteiger partial charge is 0.497 e. The van der Waals surface area contributed by atoms with Gasteiger partial charge in [-0.25, -0.2) is 0 Å². The van der Waals surface area contributed by atoms with Crippen LogP contribution in [0.5, 0.6) is 5.75 Å². The van der Waals surface area contributed by atoms with Gasteiger partial charge in [-0.3, -0.25) is 4.79 Å². The van der Waals surface area contributed by atoms with Crippen molar-refractivity contribution < 1.29 is 19.0 Å². The van der Waals surface area contributed by atoms with Gasteiger partial charge in [-0.15, -0.1) is 0 Å². The number of benzene rings is 2. The number of ether oxygens (including phenoxy) is 3. The van der Waals surface area contributed by atoms with Crippen LogP contribution < -0.4 is 4.74 Å². The van der Waals surface area contributed by atoms with Gasteiger partial charge in [0.05, 0.1) is 32.8 Å². The molecule has 0 amide bonds. The van der Waals surface area contributed by atoms with Gasteiger partial charge >= 0.3 is 5.97 Å². The summed E-state index contributed by atoms with van der Waals surface area (Å²) in [6, 6.07) is 17.6. The lowest BCUT2D eigenvalue weighted by atomic mass is 9.94. The van der Waals surface area contributed by atoms with Gasteiger partial charge in [0.25, 0.3) is 0 Å². The number of rotatable bonds is 8. The van der Waals surface area contributed by atoms with Gasteiger partial charge in [0.15, 0.2) is 0 Å². The highest BCUT2D eigenvalue weighted by Crippen LogP contribution is 2.20. The van der Waals surface area contributed by atoms with E-state index >= 15 is 0 Å². The summed E-state index contributed by atoms with van der Waals surface area (Å²) in [6.45, 7) is 2.38. The molecule has 2 aromatic rings. The SMILES string of the molecule is COC(=O)C(Cc1ccc(OC)cc1)C(C)OCc1ccccc1. The maximum absolute atomic E-state index is 12.2. The predicted molar refractivity (Wildman–Crippen MR) is 92.9 cm³/mol. The first-order chi connectivity index (χ1) is 11.6. The average Bonchev–Trinajstić information content (AvgIpc) is 2.65. The second-order valence-corrected chi connectivity index (χ2v) is 5.68. The van der Waals surface area contributed by atoms with Crippen LogP contribution >= 0.6 is 0 Å². The molecule has 0 aliphatic rings. The van der Waals surface area contributed by atoms with Gasteiger partial charge in [0.1, 0.15) is 5.75 Å². The van der Waals surface area contributed by atoms with Gasteiger partial charge in [-0.05, 0) is 36.6 Å². The van der Waals surface area contributed by atoms with Crippen molar-refractivity contribution in [2.75, 3.05) is 14.2 Å². The van der Waals surface area contributed by atoms with Crippen LogP contribution in [0.1, 0.15) is 18.1 Å². The lowest BCUT2D eigenvalue weighted by Gasteiger charge is -2.22. The van der Waals surface area contributed by atoms with Crippen LogP contribution in [-0.4, -0.2) is 26.3 Å². The van der Waals surface area contributed by atoms with Crippen molar-refractivity contribution in [3.63, 3.8) is 0 Å². The molecule has 2 aromatic carbocycles. The molecule has 2 rings (SSSR count). The van der Waals surface area contributed by atoms with E-state index in [1.165, 1.54) is 7.11 Å². The monoisotopic (exact) mass is 328 g/mol. The number of hydrogen-bond donors (Lipinski definition) is 0. The Balaban J connectivity index is 2.02. The molecule has 0 heterocycles. The number of carbonyl (C=O) groups is 1. The minimum Gasteiger partial charge on any atom is -0.497 e. The van der Waals surface area contributed by atoms with Crippen LogP contribution in [0.25, 0.3) is 0 Å². The van der Waals surface area contributed by atoms with Gasteiger partial charge in [-0.2, -0.15) is 0 Å². The van der Waals surface area contributed by atoms with E-state index in [1.54, 1.807) is 7.11 Å². The second kappa shape index (κ2) is 9.08. The fourth-order valence-electron chi connectivity index (χ4n) is 2.53. The van der Waals surface area contributed by atoms with Crippen molar-refractivity contribution in [3.8, 4) is 5.75 Å². The first-order valence-corrected chi connectivity index (χ1v) is 8.00. The molecule has 2 atom stereocenters. The minimum absolute atomic E-state index is 0.250. The molecule has 24 heavy (non-hydrogen) atoms. The van der Waals surface area contributed by atoms with E-state index in [0.29, 0.717) is 13.0 Å². The molecule has 0 fully saturated rings. The van der Waals surface area contributed by atoms with E-state index in [-0.39, 0.29) is 18.0 Å². The summed E-state index contributed by atoms with van der Waals surface area (Å²) in [5, 5.41) is 0. The molecule has 4 nitrogen and oxygen atoms in total. The highest BCUT2D eigenvalue weighted by molar-refractivity contribution is 5.73. The molecule has 0 bridgehead atoms. The summed E-state index contributed by atoms with van der Waals surface area (Å²) in [5.41, 5.74) is 2.12. The molecule has 4 heteroatoms. The summed E-state index contributed by atoms with van der Waals surface area (Å²) in [5.74, 6) is 0.181. The molecule has 0 saturated carbocycles. The van der Waals surface area contributed by atoms with Crippen LogP contribution in [0.15, 0.2) is 54.6 Å². The van der Waals surface area contributed by atoms with E-state index < -0.39 is 0 Å². The van der Waals surface area contributed by atoms with Crippen molar-refractivity contribution in [2.45, 2.75) is 26.1 Å².